The van der Waals surface area contributed by atoms with Crippen LogP contribution in [0.2, 0.25) is 0 Å². The average Bonchev–Trinajstić information content (AvgIpc) is 2.89. The Kier molecular flexibility index (Phi) is 3.33. The van der Waals surface area contributed by atoms with E-state index in [1.165, 1.54) is 19.3 Å². The summed E-state index contributed by atoms with van der Waals surface area (Å²) >= 11 is 0. The van der Waals surface area contributed by atoms with Crippen molar-refractivity contribution < 1.29 is 9.47 Å². The van der Waals surface area contributed by atoms with Crippen molar-refractivity contribution in [1.29, 1.82) is 0 Å². The van der Waals surface area contributed by atoms with Gasteiger partial charge in [-0.1, -0.05) is 13.3 Å². The highest BCUT2D eigenvalue weighted by Gasteiger charge is 2.39. The molecule has 0 bridgehead atoms. The second-order valence-electron chi connectivity index (χ2n) is 5.28. The first-order chi connectivity index (χ1) is 7.11. The van der Waals surface area contributed by atoms with Crippen molar-refractivity contribution in [3.63, 3.8) is 0 Å². The number of ether oxygens (including phenoxy) is 2. The zero-order chi connectivity index (χ0) is 10.9. The third kappa shape index (κ3) is 3.16. The molecular formula is C12H23NO2. The highest BCUT2D eigenvalue weighted by molar-refractivity contribution is 4.95. The molecule has 1 aliphatic carbocycles. The van der Waals surface area contributed by atoms with Crippen molar-refractivity contribution >= 4 is 0 Å². The molecule has 0 radical (unpaired) electrons. The van der Waals surface area contributed by atoms with Gasteiger partial charge in [0.05, 0.1) is 19.3 Å². The van der Waals surface area contributed by atoms with E-state index in [2.05, 4.69) is 12.2 Å². The van der Waals surface area contributed by atoms with E-state index in [1.807, 2.05) is 13.8 Å². The average molecular weight is 213 g/mol. The van der Waals surface area contributed by atoms with Gasteiger partial charge in [0.25, 0.3) is 0 Å². The lowest BCUT2D eigenvalue weighted by atomic mass is 10.2. The van der Waals surface area contributed by atoms with Gasteiger partial charge in [-0.15, -0.1) is 0 Å². The van der Waals surface area contributed by atoms with Gasteiger partial charge < -0.3 is 14.8 Å². The van der Waals surface area contributed by atoms with Crippen molar-refractivity contribution in [3.8, 4) is 0 Å². The van der Waals surface area contributed by atoms with Crippen LogP contribution in [0.5, 0.6) is 0 Å². The fourth-order valence-electron chi connectivity index (χ4n) is 2.23. The lowest BCUT2D eigenvalue weighted by Gasteiger charge is -2.35. The molecule has 0 aromatic carbocycles. The molecule has 15 heavy (non-hydrogen) atoms. The molecule has 1 N–H and O–H groups in total. The van der Waals surface area contributed by atoms with Crippen LogP contribution in [0.25, 0.3) is 0 Å². The minimum Gasteiger partial charge on any atom is -0.349 e. The van der Waals surface area contributed by atoms with Crippen LogP contribution in [0, 0.1) is 5.92 Å². The van der Waals surface area contributed by atoms with Crippen molar-refractivity contribution in [3.05, 3.63) is 0 Å². The minimum atomic E-state index is -0.384. The van der Waals surface area contributed by atoms with Crippen LogP contribution in [0.1, 0.15) is 40.0 Å². The van der Waals surface area contributed by atoms with Crippen molar-refractivity contribution in [1.82, 2.24) is 5.32 Å². The van der Waals surface area contributed by atoms with E-state index in [1.54, 1.807) is 0 Å². The number of hydrogen-bond acceptors (Lipinski definition) is 3. The van der Waals surface area contributed by atoms with Crippen LogP contribution in [0.4, 0.5) is 0 Å². The van der Waals surface area contributed by atoms with Crippen LogP contribution in [-0.4, -0.2) is 31.1 Å². The van der Waals surface area contributed by atoms with E-state index in [9.17, 15) is 0 Å². The second-order valence-corrected chi connectivity index (χ2v) is 5.28. The van der Waals surface area contributed by atoms with E-state index < -0.39 is 0 Å². The van der Waals surface area contributed by atoms with Gasteiger partial charge in [0.2, 0.25) is 0 Å². The predicted molar refractivity (Wildman–Crippen MR) is 59.7 cm³/mol. The Labute approximate surface area is 92.5 Å². The summed E-state index contributed by atoms with van der Waals surface area (Å²) in [5, 5.41) is 3.62. The Balaban J connectivity index is 1.66. The van der Waals surface area contributed by atoms with E-state index in [-0.39, 0.29) is 5.79 Å². The summed E-state index contributed by atoms with van der Waals surface area (Å²) in [5.74, 6) is 0.523. The summed E-state index contributed by atoms with van der Waals surface area (Å²) in [6, 6.07) is 1.12. The molecule has 0 aromatic heterocycles. The Morgan fingerprint density at radius 1 is 1.27 bits per heavy atom. The molecule has 1 heterocycles. The van der Waals surface area contributed by atoms with Gasteiger partial charge in [0.1, 0.15) is 0 Å². The van der Waals surface area contributed by atoms with E-state index in [4.69, 9.17) is 9.47 Å². The summed E-state index contributed by atoms with van der Waals surface area (Å²) < 4.78 is 11.2. The molecule has 2 aliphatic rings. The molecule has 2 unspecified atom stereocenters. The molecular weight excluding hydrogens is 190 g/mol. The fourth-order valence-corrected chi connectivity index (χ4v) is 2.23. The molecule has 0 amide bonds. The van der Waals surface area contributed by atoms with Crippen LogP contribution < -0.4 is 5.32 Å². The van der Waals surface area contributed by atoms with Gasteiger partial charge in [0.15, 0.2) is 5.79 Å². The number of hydrogen-bond donors (Lipinski definition) is 1. The van der Waals surface area contributed by atoms with Crippen molar-refractivity contribution in [2.75, 3.05) is 13.2 Å². The topological polar surface area (TPSA) is 30.5 Å². The Bertz CT molecular complexity index is 208. The minimum absolute atomic E-state index is 0.384. The third-order valence-electron chi connectivity index (χ3n) is 3.30. The molecule has 1 saturated heterocycles. The normalized spacial score (nSPS) is 35.4. The third-order valence-corrected chi connectivity index (χ3v) is 3.30. The Hall–Kier alpha value is -0.120. The molecule has 3 nitrogen and oxygen atoms in total. The van der Waals surface area contributed by atoms with Crippen LogP contribution in [0.3, 0.4) is 0 Å². The fraction of sp³-hybridized carbons (Fsp3) is 1.00. The first kappa shape index (κ1) is 11.4. The highest BCUT2D eigenvalue weighted by Crippen LogP contribution is 2.35. The molecule has 0 spiro atoms. The monoisotopic (exact) mass is 213 g/mol. The first-order valence-corrected chi connectivity index (χ1v) is 6.14. The van der Waals surface area contributed by atoms with Gasteiger partial charge in [0, 0.05) is 6.04 Å². The molecule has 2 fully saturated rings. The van der Waals surface area contributed by atoms with Gasteiger partial charge >= 0.3 is 0 Å². The van der Waals surface area contributed by atoms with Crippen molar-refractivity contribution in [2.24, 2.45) is 5.92 Å². The molecule has 88 valence electrons. The predicted octanol–water partition coefficient (Wildman–Crippen LogP) is 1.92. The largest absolute Gasteiger partial charge is 0.349 e. The van der Waals surface area contributed by atoms with Gasteiger partial charge in [-0.3, -0.25) is 0 Å². The molecule has 0 aromatic rings. The van der Waals surface area contributed by atoms with Gasteiger partial charge in [-0.05, 0) is 32.6 Å². The lowest BCUT2D eigenvalue weighted by molar-refractivity contribution is -0.253. The van der Waals surface area contributed by atoms with Crippen LogP contribution in [-0.2, 0) is 9.47 Å². The van der Waals surface area contributed by atoms with E-state index in [0.717, 1.165) is 25.2 Å². The van der Waals surface area contributed by atoms with E-state index >= 15 is 0 Å². The quantitative estimate of drug-likeness (QED) is 0.774. The molecule has 2 atom stereocenters. The molecule has 2 rings (SSSR count). The molecule has 3 heteroatoms. The lowest BCUT2D eigenvalue weighted by Crippen LogP contribution is -2.49. The SMILES string of the molecule is CCCC1CC1NC1COC(C)(C)OC1. The second kappa shape index (κ2) is 4.40. The maximum absolute atomic E-state index is 5.62. The van der Waals surface area contributed by atoms with E-state index in [0.29, 0.717) is 6.04 Å². The summed E-state index contributed by atoms with van der Waals surface area (Å²) in [6.45, 7) is 7.76. The zero-order valence-electron chi connectivity index (χ0n) is 10.1. The molecule has 1 saturated carbocycles. The summed E-state index contributed by atoms with van der Waals surface area (Å²) in [6.07, 6.45) is 4.00. The Morgan fingerprint density at radius 3 is 2.53 bits per heavy atom. The van der Waals surface area contributed by atoms with Gasteiger partial charge in [-0.25, -0.2) is 0 Å². The number of rotatable bonds is 4. The van der Waals surface area contributed by atoms with Crippen LogP contribution in [0.15, 0.2) is 0 Å². The van der Waals surface area contributed by atoms with Crippen molar-refractivity contribution in [2.45, 2.75) is 57.9 Å². The maximum Gasteiger partial charge on any atom is 0.162 e. The zero-order valence-corrected chi connectivity index (χ0v) is 10.1. The maximum atomic E-state index is 5.62. The first-order valence-electron chi connectivity index (χ1n) is 6.14. The summed E-state index contributed by atoms with van der Waals surface area (Å²) in [5.41, 5.74) is 0. The number of nitrogens with one attached hydrogen (secondary N) is 1. The van der Waals surface area contributed by atoms with Crippen LogP contribution >= 0.6 is 0 Å². The summed E-state index contributed by atoms with van der Waals surface area (Å²) in [4.78, 5) is 0. The standard InChI is InChI=1S/C12H23NO2/c1-4-5-9-6-11(9)13-10-7-14-12(2,3)15-8-10/h9-11,13H,4-8H2,1-3H3. The smallest absolute Gasteiger partial charge is 0.162 e. The summed E-state index contributed by atoms with van der Waals surface area (Å²) in [7, 11) is 0. The van der Waals surface area contributed by atoms with Gasteiger partial charge in [-0.2, -0.15) is 0 Å². The highest BCUT2D eigenvalue weighted by atomic mass is 16.7. The molecule has 1 aliphatic heterocycles. The Morgan fingerprint density at radius 2 is 1.93 bits per heavy atom.